The van der Waals surface area contributed by atoms with Crippen molar-refractivity contribution in [2.45, 2.75) is 110 Å². The maximum absolute atomic E-state index is 12.5. The van der Waals surface area contributed by atoms with Crippen molar-refractivity contribution in [2.75, 3.05) is 33.0 Å². The maximum Gasteiger partial charge on any atom is 0.472 e. The first-order chi connectivity index (χ1) is 24.4. The van der Waals surface area contributed by atoms with Crippen molar-refractivity contribution in [3.63, 3.8) is 0 Å². The highest BCUT2D eigenvalue weighted by Gasteiger charge is 2.25. The molecule has 0 bridgehead atoms. The van der Waals surface area contributed by atoms with Crippen LogP contribution in [0.2, 0.25) is 0 Å². The molecule has 0 saturated carbocycles. The van der Waals surface area contributed by atoms with E-state index in [1.54, 1.807) is 0 Å². The van der Waals surface area contributed by atoms with Crippen molar-refractivity contribution in [1.82, 2.24) is 0 Å². The van der Waals surface area contributed by atoms with Gasteiger partial charge in [-0.05, 0) is 83.5 Å². The fourth-order valence-corrected chi connectivity index (χ4v) is 4.86. The van der Waals surface area contributed by atoms with E-state index < -0.39 is 19.9 Å². The van der Waals surface area contributed by atoms with E-state index in [0.717, 1.165) is 77.0 Å². The van der Waals surface area contributed by atoms with Gasteiger partial charge in [0.25, 0.3) is 0 Å². The van der Waals surface area contributed by atoms with Crippen molar-refractivity contribution < 1.29 is 32.8 Å². The largest absolute Gasteiger partial charge is 0.472 e. The lowest BCUT2D eigenvalue weighted by atomic mass is 10.2. The quantitative estimate of drug-likeness (QED) is 0.0298. The molecule has 0 aliphatic rings. The van der Waals surface area contributed by atoms with E-state index in [0.29, 0.717) is 13.0 Å². The number of hydrogen-bond acceptors (Lipinski definition) is 7. The molecule has 0 saturated heterocycles. The summed E-state index contributed by atoms with van der Waals surface area (Å²) >= 11 is 0. The third kappa shape index (κ3) is 36.4. The van der Waals surface area contributed by atoms with Gasteiger partial charge in [-0.2, -0.15) is 0 Å². The van der Waals surface area contributed by atoms with Crippen LogP contribution >= 0.6 is 7.82 Å². The van der Waals surface area contributed by atoms with Crippen LogP contribution in [0.15, 0.2) is 109 Å². The third-order valence-corrected chi connectivity index (χ3v) is 7.68. The van der Waals surface area contributed by atoms with Gasteiger partial charge in [0.1, 0.15) is 6.10 Å². The topological polar surface area (TPSA) is 117 Å². The summed E-state index contributed by atoms with van der Waals surface area (Å²) in [4.78, 5) is 22.3. The van der Waals surface area contributed by atoms with Gasteiger partial charge in [-0.3, -0.25) is 13.8 Å². The minimum atomic E-state index is -4.31. The van der Waals surface area contributed by atoms with Gasteiger partial charge in [0.15, 0.2) is 0 Å². The lowest BCUT2D eigenvalue weighted by Gasteiger charge is -2.19. The Morgan fingerprint density at radius 3 is 1.50 bits per heavy atom. The van der Waals surface area contributed by atoms with Crippen LogP contribution in [0.25, 0.3) is 0 Å². The summed E-state index contributed by atoms with van der Waals surface area (Å²) in [5, 5.41) is 0. The fraction of sp³-hybridized carbons (Fsp3) is 0.537. The highest BCUT2D eigenvalue weighted by Crippen LogP contribution is 2.43. The normalized spacial score (nSPS) is 14.9. The molecule has 0 aromatic rings. The Morgan fingerprint density at radius 2 is 1.04 bits per heavy atom. The van der Waals surface area contributed by atoms with Gasteiger partial charge in [0, 0.05) is 19.6 Å². The van der Waals surface area contributed by atoms with E-state index in [1.165, 1.54) is 0 Å². The van der Waals surface area contributed by atoms with E-state index in [4.69, 9.17) is 24.3 Å². The van der Waals surface area contributed by atoms with Gasteiger partial charge >= 0.3 is 13.8 Å². The van der Waals surface area contributed by atoms with Crippen molar-refractivity contribution in [1.29, 1.82) is 0 Å². The number of phosphoric ester groups is 1. The second kappa shape index (κ2) is 37.4. The van der Waals surface area contributed by atoms with Crippen molar-refractivity contribution in [3.05, 3.63) is 109 Å². The molecular weight excluding hydrogens is 649 g/mol. The summed E-state index contributed by atoms with van der Waals surface area (Å²) < 4.78 is 33.1. The number of esters is 1. The van der Waals surface area contributed by atoms with Crippen LogP contribution in [0.3, 0.4) is 0 Å². The molecule has 0 radical (unpaired) electrons. The average Bonchev–Trinajstić information content (AvgIpc) is 3.10. The highest BCUT2D eigenvalue weighted by molar-refractivity contribution is 7.47. The molecule has 50 heavy (non-hydrogen) atoms. The fourth-order valence-electron chi connectivity index (χ4n) is 4.09. The van der Waals surface area contributed by atoms with Crippen LogP contribution in [0.1, 0.15) is 104 Å². The Morgan fingerprint density at radius 1 is 0.600 bits per heavy atom. The van der Waals surface area contributed by atoms with Crippen LogP contribution in [0.4, 0.5) is 0 Å². The van der Waals surface area contributed by atoms with Crippen molar-refractivity contribution in [2.24, 2.45) is 5.73 Å². The number of carbonyl (C=O) groups is 1. The second-order valence-corrected chi connectivity index (χ2v) is 12.8. The van der Waals surface area contributed by atoms with E-state index in [9.17, 15) is 14.3 Å². The first-order valence-corrected chi connectivity index (χ1v) is 19.9. The van der Waals surface area contributed by atoms with Gasteiger partial charge < -0.3 is 20.1 Å². The number of carbonyl (C=O) groups excluding carboxylic acids is 1. The van der Waals surface area contributed by atoms with Crippen LogP contribution in [0, 0.1) is 0 Å². The molecule has 3 N–H and O–H groups in total. The Kier molecular flexibility index (Phi) is 35.3. The lowest BCUT2D eigenvalue weighted by Crippen LogP contribution is -2.28. The predicted molar refractivity (Wildman–Crippen MR) is 210 cm³/mol. The Bertz CT molecular complexity index is 1120. The molecule has 9 heteroatoms. The molecule has 0 aromatic carbocycles. The zero-order chi connectivity index (χ0) is 36.6. The molecule has 8 nitrogen and oxygen atoms in total. The molecule has 0 aromatic heterocycles. The first kappa shape index (κ1) is 47.2. The van der Waals surface area contributed by atoms with Gasteiger partial charge in [-0.25, -0.2) is 4.57 Å². The molecule has 0 amide bonds. The minimum absolute atomic E-state index is 0.0499. The van der Waals surface area contributed by atoms with Crippen LogP contribution in [-0.2, 0) is 27.9 Å². The number of rotatable bonds is 33. The Labute approximate surface area is 303 Å². The maximum atomic E-state index is 12.5. The molecule has 282 valence electrons. The predicted octanol–water partition coefficient (Wildman–Crippen LogP) is 10.5. The van der Waals surface area contributed by atoms with E-state index in [-0.39, 0.29) is 32.8 Å². The van der Waals surface area contributed by atoms with Crippen LogP contribution in [0.5, 0.6) is 0 Å². The van der Waals surface area contributed by atoms with E-state index in [1.807, 2.05) is 12.2 Å². The lowest BCUT2D eigenvalue weighted by molar-refractivity contribution is -0.154. The molecule has 2 atom stereocenters. The molecule has 0 aliphatic heterocycles. The SMILES string of the molecule is CC/C=C\C/C=C\C/C=C\C/C=C\C/C=C\CCCCOCC(COP(=O)(O)OCCN)OC(=O)CC/C=C\C/C=C\C/C=C\C/C=C\CC. The van der Waals surface area contributed by atoms with Crippen molar-refractivity contribution in [3.8, 4) is 0 Å². The number of ether oxygens (including phenoxy) is 2. The highest BCUT2D eigenvalue weighted by atomic mass is 31.2. The van der Waals surface area contributed by atoms with Gasteiger partial charge in [-0.1, -0.05) is 123 Å². The smallest absolute Gasteiger partial charge is 0.457 e. The minimum Gasteiger partial charge on any atom is -0.457 e. The molecule has 0 spiro atoms. The summed E-state index contributed by atoms with van der Waals surface area (Å²) in [6.45, 7) is 4.42. The number of unbranched alkanes of at least 4 members (excludes halogenated alkanes) is 2. The standard InChI is InChI=1S/C41H66NO7P/c1-3-5-7-9-11-13-15-17-18-19-20-21-23-25-27-29-31-33-36-46-38-40(39-48-50(44,45)47-37-35-42)49-41(43)34-32-30-28-26-24-22-16-14-12-10-8-6-4-2/h5-8,11-14,17-18,20-22,24-25,27-28,30,40H,3-4,9-10,15-16,19,23,26,29,31-39,42H2,1-2H3,(H,44,45)/b7-5-,8-6-,13-11-,14-12-,18-17-,21-20-,24-22-,27-25-,30-28-. The molecule has 0 rings (SSSR count). The summed E-state index contributed by atoms with van der Waals surface area (Å²) in [5.41, 5.74) is 5.34. The van der Waals surface area contributed by atoms with Gasteiger partial charge in [0.2, 0.25) is 0 Å². The van der Waals surface area contributed by atoms with Crippen molar-refractivity contribution >= 4 is 13.8 Å². The number of nitrogens with two attached hydrogens (primary N) is 1. The van der Waals surface area contributed by atoms with Gasteiger partial charge in [-0.15, -0.1) is 0 Å². The first-order valence-electron chi connectivity index (χ1n) is 18.4. The van der Waals surface area contributed by atoms with Crippen LogP contribution < -0.4 is 5.73 Å². The summed E-state index contributed by atoms with van der Waals surface area (Å²) in [6, 6.07) is 0. The summed E-state index contributed by atoms with van der Waals surface area (Å²) in [5.74, 6) is -0.432. The Balaban J connectivity index is 4.33. The zero-order valence-corrected chi connectivity index (χ0v) is 31.7. The van der Waals surface area contributed by atoms with E-state index in [2.05, 4.69) is 111 Å². The monoisotopic (exact) mass is 715 g/mol. The molecular formula is C41H66NO7P. The number of phosphoric acid groups is 1. The number of hydrogen-bond donors (Lipinski definition) is 2. The molecule has 0 heterocycles. The second-order valence-electron chi connectivity index (χ2n) is 11.3. The number of allylic oxidation sites excluding steroid dienone is 18. The third-order valence-electron chi connectivity index (χ3n) is 6.70. The zero-order valence-electron chi connectivity index (χ0n) is 30.8. The molecule has 2 unspecified atom stereocenters. The van der Waals surface area contributed by atoms with E-state index >= 15 is 0 Å². The Hall–Kier alpha value is -2.84. The summed E-state index contributed by atoms with van der Waals surface area (Å²) in [6.07, 6.45) is 49.9. The average molecular weight is 716 g/mol. The van der Waals surface area contributed by atoms with Gasteiger partial charge in [0.05, 0.1) is 19.8 Å². The van der Waals surface area contributed by atoms with Crippen LogP contribution in [-0.4, -0.2) is 49.9 Å². The summed E-state index contributed by atoms with van der Waals surface area (Å²) in [7, 11) is -4.31. The molecule has 0 aliphatic carbocycles. The molecule has 0 fully saturated rings.